The number of ketones is 2. The SMILES string of the molecule is CC(C)CC(N)C(=O)NCC(=O)Nc1ccc2c(c1O)C(O)=C1C(=O)C3(O)C(O)=C(C(N)=O)C(=O)C(N(C)C)C3C(O)C1C2C. The van der Waals surface area contributed by atoms with Gasteiger partial charge in [-0.25, -0.2) is 0 Å². The van der Waals surface area contributed by atoms with E-state index in [9.17, 15) is 49.5 Å². The van der Waals surface area contributed by atoms with E-state index in [0.29, 0.717) is 6.42 Å². The van der Waals surface area contributed by atoms with Gasteiger partial charge in [-0.1, -0.05) is 26.8 Å². The largest absolute Gasteiger partial charge is 0.508 e. The minimum Gasteiger partial charge on any atom is -0.508 e. The Morgan fingerprint density at radius 2 is 1.73 bits per heavy atom. The van der Waals surface area contributed by atoms with E-state index < -0.39 is 106 Å². The molecule has 244 valence electrons. The Balaban J connectivity index is 1.76. The number of amides is 3. The fraction of sp³-hybridized carbons (Fsp3) is 0.500. The Morgan fingerprint density at radius 3 is 2.29 bits per heavy atom. The van der Waals surface area contributed by atoms with Crippen LogP contribution in [-0.4, -0.2) is 104 Å². The number of phenolic OH excluding ortho intramolecular Hbond substituents is 1. The highest BCUT2D eigenvalue weighted by Crippen LogP contribution is 2.56. The summed E-state index contributed by atoms with van der Waals surface area (Å²) in [6.07, 6.45) is -1.33. The first-order chi connectivity index (χ1) is 20.9. The number of aliphatic hydroxyl groups is 4. The third kappa shape index (κ3) is 5.24. The van der Waals surface area contributed by atoms with E-state index in [-0.39, 0.29) is 22.7 Å². The van der Waals surface area contributed by atoms with Crippen molar-refractivity contribution in [2.45, 2.75) is 56.9 Å². The maximum Gasteiger partial charge on any atom is 0.255 e. The van der Waals surface area contributed by atoms with Crippen LogP contribution in [0.4, 0.5) is 5.69 Å². The molecule has 0 aliphatic heterocycles. The molecule has 4 rings (SSSR count). The molecule has 7 atom stereocenters. The molecule has 1 aromatic rings. The molecule has 1 aromatic carbocycles. The number of carbonyl (C=O) groups is 5. The molecule has 3 aliphatic rings. The van der Waals surface area contributed by atoms with Gasteiger partial charge in [0.15, 0.2) is 11.4 Å². The zero-order chi connectivity index (χ0) is 33.9. The van der Waals surface area contributed by atoms with Crippen LogP contribution in [-0.2, 0) is 24.0 Å². The second-order valence-electron chi connectivity index (χ2n) is 12.5. The number of hydrogen-bond acceptors (Lipinski definition) is 12. The monoisotopic (exact) mass is 629 g/mol. The smallest absolute Gasteiger partial charge is 0.255 e. The lowest BCUT2D eigenvalue weighted by atomic mass is 9.54. The van der Waals surface area contributed by atoms with Gasteiger partial charge in [0.1, 0.15) is 22.8 Å². The topological polar surface area (TPSA) is 266 Å². The molecule has 15 heteroatoms. The van der Waals surface area contributed by atoms with E-state index in [0.717, 1.165) is 0 Å². The van der Waals surface area contributed by atoms with Crippen molar-refractivity contribution in [2.75, 3.05) is 26.0 Å². The van der Waals surface area contributed by atoms with Crippen LogP contribution in [0.1, 0.15) is 44.2 Å². The van der Waals surface area contributed by atoms with E-state index in [2.05, 4.69) is 10.6 Å². The van der Waals surface area contributed by atoms with Crippen LogP contribution in [0.3, 0.4) is 0 Å². The first-order valence-corrected chi connectivity index (χ1v) is 14.4. The van der Waals surface area contributed by atoms with Gasteiger partial charge in [-0.15, -0.1) is 0 Å². The number of Topliss-reactive ketones (excluding diaryl/α,β-unsaturated/α-hetero) is 2. The highest BCUT2D eigenvalue weighted by molar-refractivity contribution is 6.24. The summed E-state index contributed by atoms with van der Waals surface area (Å²) in [5.41, 5.74) is 6.33. The molecule has 7 unspecified atom stereocenters. The highest BCUT2D eigenvalue weighted by Gasteiger charge is 2.68. The molecular formula is C30H39N5O10. The number of carbonyl (C=O) groups excluding carboxylic acids is 5. The van der Waals surface area contributed by atoms with Crippen molar-refractivity contribution in [2.24, 2.45) is 29.2 Å². The number of benzene rings is 1. The van der Waals surface area contributed by atoms with Crippen LogP contribution in [0, 0.1) is 17.8 Å². The van der Waals surface area contributed by atoms with Gasteiger partial charge in [0.2, 0.25) is 17.6 Å². The lowest BCUT2D eigenvalue weighted by molar-refractivity contribution is -0.169. The van der Waals surface area contributed by atoms with Crippen molar-refractivity contribution in [3.63, 3.8) is 0 Å². The van der Waals surface area contributed by atoms with E-state index in [4.69, 9.17) is 11.5 Å². The number of aliphatic hydroxyl groups excluding tert-OH is 3. The fourth-order valence-corrected chi connectivity index (χ4v) is 6.83. The molecule has 0 saturated heterocycles. The number of hydrogen-bond donors (Lipinski definition) is 9. The summed E-state index contributed by atoms with van der Waals surface area (Å²) >= 11 is 0. The van der Waals surface area contributed by atoms with Gasteiger partial charge in [0, 0.05) is 11.5 Å². The second kappa shape index (κ2) is 11.9. The molecule has 0 spiro atoms. The number of primary amides is 1. The Kier molecular flexibility index (Phi) is 8.87. The summed E-state index contributed by atoms with van der Waals surface area (Å²) in [6.45, 7) is 4.89. The Hall–Kier alpha value is -4.31. The van der Waals surface area contributed by atoms with Crippen LogP contribution >= 0.6 is 0 Å². The molecule has 0 aromatic heterocycles. The van der Waals surface area contributed by atoms with Crippen molar-refractivity contribution < 1.29 is 49.5 Å². The van der Waals surface area contributed by atoms with Gasteiger partial charge in [0.25, 0.3) is 5.91 Å². The van der Waals surface area contributed by atoms with Crippen LogP contribution in [0.15, 0.2) is 29.0 Å². The maximum atomic E-state index is 14.1. The first kappa shape index (κ1) is 33.6. The number of phenols is 1. The van der Waals surface area contributed by atoms with E-state index in [1.807, 2.05) is 13.8 Å². The predicted molar refractivity (Wildman–Crippen MR) is 159 cm³/mol. The number of anilines is 1. The summed E-state index contributed by atoms with van der Waals surface area (Å²) in [5.74, 6) is -11.4. The summed E-state index contributed by atoms with van der Waals surface area (Å²) in [7, 11) is 2.84. The van der Waals surface area contributed by atoms with E-state index in [1.165, 1.54) is 31.1 Å². The zero-order valence-electron chi connectivity index (χ0n) is 25.5. The fourth-order valence-electron chi connectivity index (χ4n) is 6.83. The van der Waals surface area contributed by atoms with Gasteiger partial charge >= 0.3 is 0 Å². The molecule has 0 bridgehead atoms. The number of aromatic hydroxyl groups is 1. The van der Waals surface area contributed by atoms with Crippen molar-refractivity contribution in [1.29, 1.82) is 0 Å². The number of nitrogens with zero attached hydrogens (tertiary/aromatic N) is 1. The van der Waals surface area contributed by atoms with Crippen molar-refractivity contribution in [3.05, 3.63) is 40.2 Å². The van der Waals surface area contributed by atoms with Crippen molar-refractivity contribution in [1.82, 2.24) is 10.2 Å². The Bertz CT molecular complexity index is 1550. The average Bonchev–Trinajstić information content (AvgIpc) is 2.94. The van der Waals surface area contributed by atoms with Gasteiger partial charge < -0.3 is 47.6 Å². The first-order valence-electron chi connectivity index (χ1n) is 14.4. The minimum absolute atomic E-state index is 0.153. The van der Waals surface area contributed by atoms with Crippen LogP contribution in [0.25, 0.3) is 5.76 Å². The van der Waals surface area contributed by atoms with Gasteiger partial charge in [0.05, 0.1) is 41.9 Å². The quantitative estimate of drug-likeness (QED) is 0.123. The summed E-state index contributed by atoms with van der Waals surface area (Å²) in [5, 5.41) is 61.8. The zero-order valence-corrected chi connectivity index (χ0v) is 25.5. The average molecular weight is 630 g/mol. The molecule has 3 amide bonds. The lowest BCUT2D eigenvalue weighted by Crippen LogP contribution is -2.70. The third-order valence-corrected chi connectivity index (χ3v) is 8.89. The Morgan fingerprint density at radius 1 is 1.11 bits per heavy atom. The van der Waals surface area contributed by atoms with Crippen LogP contribution < -0.4 is 22.1 Å². The third-order valence-electron chi connectivity index (χ3n) is 8.89. The van der Waals surface area contributed by atoms with E-state index >= 15 is 0 Å². The van der Waals surface area contributed by atoms with Crippen molar-refractivity contribution in [3.8, 4) is 5.75 Å². The normalized spacial score (nSPS) is 28.4. The standard InChI is InChI=1S/C30H39N5O10/c1-10(2)8-13(31)29(44)33-9-15(36)34-14-7-6-12-11(3)16-18(23(38)17(12)22(14)37)26(41)30(45)20(24(16)39)21(35(4)5)25(40)19(27(30)42)28(32)43/h6-7,10-11,13,16,20-21,24,37-39,42,45H,8-9,31H2,1-5H3,(H2,32,43)(H,33,44)(H,34,36). The molecule has 11 N–H and O–H groups in total. The summed E-state index contributed by atoms with van der Waals surface area (Å²) in [4.78, 5) is 65.6. The van der Waals surface area contributed by atoms with E-state index in [1.54, 1.807) is 6.92 Å². The predicted octanol–water partition coefficient (Wildman–Crippen LogP) is -1.08. The molecule has 1 fully saturated rings. The van der Waals surface area contributed by atoms with Gasteiger partial charge in [-0.05, 0) is 44.0 Å². The molecule has 45 heavy (non-hydrogen) atoms. The van der Waals surface area contributed by atoms with Crippen LogP contribution in [0.2, 0.25) is 0 Å². The number of rotatable bonds is 8. The van der Waals surface area contributed by atoms with Gasteiger partial charge in [-0.3, -0.25) is 28.9 Å². The Labute approximate surface area is 258 Å². The molecule has 0 heterocycles. The number of fused-ring (bicyclic) bond motifs is 3. The van der Waals surface area contributed by atoms with Crippen LogP contribution in [0.5, 0.6) is 5.75 Å². The number of nitrogens with one attached hydrogen (secondary N) is 2. The second-order valence-corrected chi connectivity index (χ2v) is 12.5. The molecule has 1 saturated carbocycles. The maximum absolute atomic E-state index is 14.1. The lowest BCUT2D eigenvalue weighted by Gasteiger charge is -2.53. The summed E-state index contributed by atoms with van der Waals surface area (Å²) < 4.78 is 0. The molecule has 15 nitrogen and oxygen atoms in total. The summed E-state index contributed by atoms with van der Waals surface area (Å²) in [6, 6.07) is 0.502. The number of likely N-dealkylation sites (N-methyl/N-ethyl adjacent to an activating group) is 1. The highest BCUT2D eigenvalue weighted by atomic mass is 16.4. The molecule has 0 radical (unpaired) electrons. The number of nitrogens with two attached hydrogens (primary N) is 2. The van der Waals surface area contributed by atoms with Gasteiger partial charge in [-0.2, -0.15) is 0 Å². The van der Waals surface area contributed by atoms with Crippen molar-refractivity contribution >= 4 is 40.7 Å². The molecular weight excluding hydrogens is 590 g/mol. The molecule has 3 aliphatic carbocycles. The minimum atomic E-state index is -3.04.